The van der Waals surface area contributed by atoms with Crippen molar-refractivity contribution < 1.29 is 0 Å². The van der Waals surface area contributed by atoms with E-state index in [2.05, 4.69) is 39.3 Å². The van der Waals surface area contributed by atoms with Gasteiger partial charge in [0.25, 0.3) is 0 Å². The summed E-state index contributed by atoms with van der Waals surface area (Å²) in [7, 11) is 2.18. The van der Waals surface area contributed by atoms with Crippen LogP contribution < -0.4 is 5.73 Å². The number of rotatable bonds is 3. The highest BCUT2D eigenvalue weighted by atomic mass is 79.9. The molecule has 0 amide bonds. The summed E-state index contributed by atoms with van der Waals surface area (Å²) in [6.07, 6.45) is 2.31. The molecule has 0 saturated heterocycles. The molecule has 1 aliphatic rings. The number of hydrogen-bond donors (Lipinski definition) is 1. The van der Waals surface area contributed by atoms with Gasteiger partial charge in [0, 0.05) is 18.6 Å². The molecule has 1 heterocycles. The molecule has 0 atom stereocenters. The third-order valence-corrected chi connectivity index (χ3v) is 4.38. The number of halogens is 2. The summed E-state index contributed by atoms with van der Waals surface area (Å²) < 4.78 is 1.21. The summed E-state index contributed by atoms with van der Waals surface area (Å²) >= 11 is 5.23. The van der Waals surface area contributed by atoms with Crippen molar-refractivity contribution in [3.8, 4) is 0 Å². The third-order valence-electron chi connectivity index (χ3n) is 2.83. The first-order valence-corrected chi connectivity index (χ1v) is 6.51. The molecule has 15 heavy (non-hydrogen) atoms. The molecule has 1 saturated carbocycles. The number of nitrogens with zero attached hydrogens (tertiary/aromatic N) is 1. The molecular formula is C10H16BrClN2S. The van der Waals surface area contributed by atoms with Crippen molar-refractivity contribution in [1.82, 2.24) is 4.90 Å². The van der Waals surface area contributed by atoms with E-state index in [0.29, 0.717) is 12.1 Å². The zero-order chi connectivity index (χ0) is 10.1. The molecule has 0 aliphatic heterocycles. The van der Waals surface area contributed by atoms with Crippen molar-refractivity contribution in [2.45, 2.75) is 31.5 Å². The third kappa shape index (κ3) is 3.43. The Balaban J connectivity index is 0.00000112. The lowest BCUT2D eigenvalue weighted by molar-refractivity contribution is 0.133. The van der Waals surface area contributed by atoms with Crippen LogP contribution in [0.4, 0.5) is 0 Å². The predicted molar refractivity (Wildman–Crippen MR) is 71.7 cm³/mol. The van der Waals surface area contributed by atoms with Gasteiger partial charge in [-0.1, -0.05) is 0 Å². The second kappa shape index (κ2) is 5.64. The largest absolute Gasteiger partial charge is 0.328 e. The normalized spacial score (nSPS) is 24.8. The van der Waals surface area contributed by atoms with E-state index in [9.17, 15) is 0 Å². The number of hydrogen-bond acceptors (Lipinski definition) is 3. The monoisotopic (exact) mass is 310 g/mol. The molecule has 2 nitrogen and oxygen atoms in total. The summed E-state index contributed by atoms with van der Waals surface area (Å²) in [6, 6.07) is 3.33. The van der Waals surface area contributed by atoms with Crippen LogP contribution in [-0.4, -0.2) is 24.0 Å². The molecular weight excluding hydrogens is 296 g/mol. The Morgan fingerprint density at radius 1 is 1.60 bits per heavy atom. The van der Waals surface area contributed by atoms with Crippen LogP contribution in [0.3, 0.4) is 0 Å². The summed E-state index contributed by atoms with van der Waals surface area (Å²) in [5.74, 6) is 0. The van der Waals surface area contributed by atoms with Gasteiger partial charge in [-0.3, -0.25) is 4.90 Å². The lowest BCUT2D eigenvalue weighted by Crippen LogP contribution is -2.48. The van der Waals surface area contributed by atoms with Gasteiger partial charge in [0.1, 0.15) is 0 Å². The Bertz CT molecular complexity index is 312. The molecule has 1 fully saturated rings. The standard InChI is InChI=1S/C10H15BrN2S.ClH/c1-13(9-3-8(12)4-9)5-7-2-10(11)14-6-7;/h2,6,8-9H,3-5,12H2,1H3;1H. The molecule has 0 aromatic carbocycles. The van der Waals surface area contributed by atoms with E-state index < -0.39 is 0 Å². The van der Waals surface area contributed by atoms with Crippen LogP contribution in [-0.2, 0) is 6.54 Å². The predicted octanol–water partition coefficient (Wildman–Crippen LogP) is 2.85. The van der Waals surface area contributed by atoms with Crippen molar-refractivity contribution >= 4 is 39.7 Å². The number of thiophene rings is 1. The lowest BCUT2D eigenvalue weighted by atomic mass is 9.86. The van der Waals surface area contributed by atoms with E-state index in [0.717, 1.165) is 19.4 Å². The van der Waals surface area contributed by atoms with Crippen LogP contribution >= 0.6 is 39.7 Å². The van der Waals surface area contributed by atoms with Crippen LogP contribution in [0.25, 0.3) is 0 Å². The zero-order valence-electron chi connectivity index (χ0n) is 8.65. The average Bonchev–Trinajstić information content (AvgIpc) is 2.45. The maximum atomic E-state index is 5.77. The van der Waals surface area contributed by atoms with Gasteiger partial charge in [-0.25, -0.2) is 0 Å². The van der Waals surface area contributed by atoms with Gasteiger partial charge >= 0.3 is 0 Å². The van der Waals surface area contributed by atoms with Crippen molar-refractivity contribution in [2.75, 3.05) is 7.05 Å². The van der Waals surface area contributed by atoms with E-state index in [-0.39, 0.29) is 12.4 Å². The van der Waals surface area contributed by atoms with Crippen molar-refractivity contribution in [3.05, 3.63) is 20.8 Å². The fourth-order valence-electron chi connectivity index (χ4n) is 1.84. The Morgan fingerprint density at radius 2 is 2.27 bits per heavy atom. The van der Waals surface area contributed by atoms with Crippen LogP contribution in [0.2, 0.25) is 0 Å². The SMILES string of the molecule is CN(Cc1csc(Br)c1)C1CC(N)C1.Cl. The summed E-state index contributed by atoms with van der Waals surface area (Å²) in [5.41, 5.74) is 7.17. The van der Waals surface area contributed by atoms with E-state index in [1.165, 1.54) is 9.35 Å². The minimum Gasteiger partial charge on any atom is -0.328 e. The molecule has 5 heteroatoms. The van der Waals surface area contributed by atoms with Gasteiger partial charge in [-0.05, 0) is 52.8 Å². The first-order valence-electron chi connectivity index (χ1n) is 4.84. The Labute approximate surface area is 109 Å². The molecule has 1 aromatic rings. The first kappa shape index (κ1) is 13.5. The lowest BCUT2D eigenvalue weighted by Gasteiger charge is -2.39. The van der Waals surface area contributed by atoms with Gasteiger partial charge < -0.3 is 5.73 Å². The minimum atomic E-state index is 0. The quantitative estimate of drug-likeness (QED) is 0.930. The molecule has 2 rings (SSSR count). The maximum absolute atomic E-state index is 5.77. The average molecular weight is 312 g/mol. The zero-order valence-corrected chi connectivity index (χ0v) is 11.9. The van der Waals surface area contributed by atoms with Crippen molar-refractivity contribution in [2.24, 2.45) is 5.73 Å². The summed E-state index contributed by atoms with van der Waals surface area (Å²) in [4.78, 5) is 2.40. The van der Waals surface area contributed by atoms with Gasteiger partial charge in [0.05, 0.1) is 3.79 Å². The second-order valence-corrected chi connectivity index (χ2v) is 6.35. The molecule has 86 valence electrons. The molecule has 0 unspecified atom stereocenters. The first-order chi connectivity index (χ1) is 6.65. The van der Waals surface area contributed by atoms with Crippen molar-refractivity contribution in [1.29, 1.82) is 0 Å². The van der Waals surface area contributed by atoms with Crippen LogP contribution in [0, 0.1) is 0 Å². The highest BCUT2D eigenvalue weighted by Gasteiger charge is 2.28. The van der Waals surface area contributed by atoms with Crippen molar-refractivity contribution in [3.63, 3.8) is 0 Å². The molecule has 1 aromatic heterocycles. The fraction of sp³-hybridized carbons (Fsp3) is 0.600. The Kier molecular flexibility index (Phi) is 5.06. The topological polar surface area (TPSA) is 29.3 Å². The van der Waals surface area contributed by atoms with E-state index >= 15 is 0 Å². The highest BCUT2D eigenvalue weighted by molar-refractivity contribution is 9.11. The minimum absolute atomic E-state index is 0. The Hall–Kier alpha value is 0.390. The van der Waals surface area contributed by atoms with E-state index in [1.54, 1.807) is 11.3 Å². The Morgan fingerprint density at radius 3 is 2.73 bits per heavy atom. The van der Waals surface area contributed by atoms with E-state index in [1.807, 2.05) is 0 Å². The van der Waals surface area contributed by atoms with Gasteiger partial charge in [0.15, 0.2) is 0 Å². The molecule has 0 radical (unpaired) electrons. The molecule has 0 spiro atoms. The maximum Gasteiger partial charge on any atom is 0.0701 e. The summed E-state index contributed by atoms with van der Waals surface area (Å²) in [6.45, 7) is 1.04. The van der Waals surface area contributed by atoms with Crippen LogP contribution in [0.5, 0.6) is 0 Å². The van der Waals surface area contributed by atoms with Gasteiger partial charge in [-0.15, -0.1) is 23.7 Å². The van der Waals surface area contributed by atoms with E-state index in [4.69, 9.17) is 5.73 Å². The molecule has 2 N–H and O–H groups in total. The molecule has 1 aliphatic carbocycles. The fourth-order valence-corrected chi connectivity index (χ4v) is 3.04. The summed E-state index contributed by atoms with van der Waals surface area (Å²) in [5, 5.41) is 2.21. The van der Waals surface area contributed by atoms with Crippen LogP contribution in [0.1, 0.15) is 18.4 Å². The van der Waals surface area contributed by atoms with Gasteiger partial charge in [-0.2, -0.15) is 0 Å². The highest BCUT2D eigenvalue weighted by Crippen LogP contribution is 2.26. The number of nitrogens with two attached hydrogens (primary N) is 1. The van der Waals surface area contributed by atoms with Crippen LogP contribution in [0.15, 0.2) is 15.2 Å². The second-order valence-electron chi connectivity index (χ2n) is 4.06. The smallest absolute Gasteiger partial charge is 0.0701 e. The van der Waals surface area contributed by atoms with Gasteiger partial charge in [0.2, 0.25) is 0 Å². The molecule has 0 bridgehead atoms.